The number of aliphatic imine (C=N–C) groups is 3. The van der Waals surface area contributed by atoms with Crippen molar-refractivity contribution in [1.82, 2.24) is 4.98 Å². The minimum absolute atomic E-state index is 0.220. The summed E-state index contributed by atoms with van der Waals surface area (Å²) in [4.78, 5) is 14.7. The highest BCUT2D eigenvalue weighted by Crippen LogP contribution is 2.42. The van der Waals surface area contributed by atoms with E-state index in [-0.39, 0.29) is 12.5 Å². The lowest BCUT2D eigenvalue weighted by molar-refractivity contribution is 0.376. The van der Waals surface area contributed by atoms with E-state index in [1.807, 2.05) is 0 Å². The van der Waals surface area contributed by atoms with Gasteiger partial charge in [-0.2, -0.15) is 0 Å². The molecule has 0 spiro atoms. The molecule has 0 radical (unpaired) electrons. The number of aromatic nitrogens is 1. The van der Waals surface area contributed by atoms with Gasteiger partial charge in [0.1, 0.15) is 0 Å². The second-order valence-corrected chi connectivity index (χ2v) is 12.9. The molecule has 0 atom stereocenters. The predicted octanol–water partition coefficient (Wildman–Crippen LogP) is 8.72. The van der Waals surface area contributed by atoms with Crippen LogP contribution in [-0.2, 0) is 0 Å². The molecule has 5 heterocycles. The number of aliphatic hydroxyl groups is 2. The van der Waals surface area contributed by atoms with Crippen LogP contribution < -0.4 is 10.7 Å². The van der Waals surface area contributed by atoms with E-state index in [4.69, 9.17) is 0 Å². The van der Waals surface area contributed by atoms with Gasteiger partial charge in [-0.25, -0.2) is 75.8 Å². The van der Waals surface area contributed by atoms with Gasteiger partial charge >= 0.3 is 0 Å². The van der Waals surface area contributed by atoms with Crippen LogP contribution in [0.4, 0.5) is 65.9 Å². The number of rotatable bonds is 3. The van der Waals surface area contributed by atoms with Crippen LogP contribution in [0.1, 0.15) is 29.5 Å². The zero-order valence-electron chi connectivity index (χ0n) is 28.8. The molecule has 0 amide bonds. The molecule has 0 saturated carbocycles. The molecule has 0 fully saturated rings. The highest BCUT2D eigenvalue weighted by molar-refractivity contribution is 6.37. The molecule has 8 bridgehead atoms. The maximum absolute atomic E-state index is 15.7. The minimum atomic E-state index is -2.64. The number of hydrogen-bond donors (Lipinski definition) is 3. The van der Waals surface area contributed by atoms with Crippen LogP contribution in [0.5, 0.6) is 0 Å². The van der Waals surface area contributed by atoms with Gasteiger partial charge < -0.3 is 15.2 Å². The predicted molar refractivity (Wildman–Crippen MR) is 180 cm³/mol. The molecule has 3 aromatic carbocycles. The van der Waals surface area contributed by atoms with Gasteiger partial charge in [0.05, 0.1) is 63.4 Å². The number of aromatic amines is 1. The Bertz CT molecular complexity index is 3030. The van der Waals surface area contributed by atoms with E-state index in [9.17, 15) is 49.7 Å². The summed E-state index contributed by atoms with van der Waals surface area (Å²) in [7, 11) is 0. The Kier molecular flexibility index (Phi) is 9.31. The molecule has 60 heavy (non-hydrogen) atoms. The Hall–Kier alpha value is -7.06. The van der Waals surface area contributed by atoms with E-state index >= 15 is 26.3 Å². The smallest absolute Gasteiger partial charge is 0.200 e. The van der Waals surface area contributed by atoms with Crippen molar-refractivity contribution in [2.24, 2.45) is 15.0 Å². The van der Waals surface area contributed by atoms with Crippen molar-refractivity contribution in [3.8, 4) is 0 Å². The van der Waals surface area contributed by atoms with Gasteiger partial charge in [0.25, 0.3) is 0 Å². The maximum Gasteiger partial charge on any atom is 0.200 e. The van der Waals surface area contributed by atoms with Crippen molar-refractivity contribution in [1.29, 1.82) is 0 Å². The van der Waals surface area contributed by atoms with E-state index in [1.54, 1.807) is 0 Å². The summed E-state index contributed by atoms with van der Waals surface area (Å²) in [5, 5.41) is 19.0. The van der Waals surface area contributed by atoms with E-state index in [2.05, 4.69) is 20.0 Å². The van der Waals surface area contributed by atoms with Crippen LogP contribution >= 0.6 is 0 Å². The van der Waals surface area contributed by atoms with Crippen LogP contribution in [0.15, 0.2) is 80.0 Å². The first-order chi connectivity index (χ1) is 28.4. The summed E-state index contributed by atoms with van der Waals surface area (Å²) in [6.07, 6.45) is 0.798. The molecule has 4 aliphatic heterocycles. The highest BCUT2D eigenvalue weighted by atomic mass is 19.2. The van der Waals surface area contributed by atoms with Crippen molar-refractivity contribution in [3.63, 3.8) is 0 Å². The second kappa shape index (κ2) is 14.1. The van der Waals surface area contributed by atoms with Crippen LogP contribution in [0.3, 0.4) is 0 Å². The molecule has 3 N–H and O–H groups in total. The van der Waals surface area contributed by atoms with Gasteiger partial charge in [-0.1, -0.05) is 0 Å². The molecule has 306 valence electrons. The van der Waals surface area contributed by atoms with Crippen LogP contribution in [0.25, 0.3) is 16.7 Å². The van der Waals surface area contributed by atoms with Crippen LogP contribution in [0, 0.1) is 87.3 Å². The molecule has 0 unspecified atom stereocenters. The van der Waals surface area contributed by atoms with Crippen LogP contribution in [-0.4, -0.2) is 32.3 Å². The topological polar surface area (TPSA) is 93.3 Å². The Morgan fingerprint density at radius 2 is 0.750 bits per heavy atom. The Balaban J connectivity index is 1.62. The lowest BCUT2D eigenvalue weighted by atomic mass is 9.92. The first-order valence-electron chi connectivity index (χ1n) is 16.5. The summed E-state index contributed by atoms with van der Waals surface area (Å²) < 4.78 is 226. The first-order valence-corrected chi connectivity index (χ1v) is 16.5. The van der Waals surface area contributed by atoms with E-state index in [0.29, 0.717) is 0 Å². The van der Waals surface area contributed by atoms with Gasteiger partial charge in [0.15, 0.2) is 69.8 Å². The van der Waals surface area contributed by atoms with Crippen LogP contribution in [0.2, 0.25) is 0 Å². The first kappa shape index (κ1) is 39.8. The summed E-state index contributed by atoms with van der Waals surface area (Å²) in [5.74, 6) is -37.8. The lowest BCUT2D eigenvalue weighted by Gasteiger charge is -2.15. The van der Waals surface area contributed by atoms with Gasteiger partial charge in [0, 0.05) is 38.6 Å². The summed E-state index contributed by atoms with van der Waals surface area (Å²) >= 11 is 0. The molecule has 0 saturated heterocycles. The van der Waals surface area contributed by atoms with Gasteiger partial charge in [-0.3, -0.25) is 4.99 Å². The molecule has 4 aromatic rings. The fourth-order valence-electron chi connectivity index (χ4n) is 6.97. The molecule has 1 aromatic heterocycles. The van der Waals surface area contributed by atoms with Gasteiger partial charge in [-0.15, -0.1) is 0 Å². The fourth-order valence-corrected chi connectivity index (χ4v) is 6.97. The molecular formula is C39H13F15N4O2. The third-order valence-corrected chi connectivity index (χ3v) is 9.66. The van der Waals surface area contributed by atoms with Crippen molar-refractivity contribution in [3.05, 3.63) is 180 Å². The van der Waals surface area contributed by atoms with Gasteiger partial charge in [0.2, 0.25) is 17.5 Å². The quantitative estimate of drug-likeness (QED) is 0.0833. The Morgan fingerprint density at radius 1 is 0.417 bits per heavy atom. The van der Waals surface area contributed by atoms with E-state index < -0.39 is 190 Å². The second-order valence-electron chi connectivity index (χ2n) is 12.9. The van der Waals surface area contributed by atoms with E-state index in [0.717, 1.165) is 24.3 Å². The molecule has 4 aliphatic rings. The maximum atomic E-state index is 15.7. The fraction of sp³-hybridized carbons (Fsp3) is 0.0513. The molecule has 0 aliphatic carbocycles. The van der Waals surface area contributed by atoms with Gasteiger partial charge in [-0.05, 0) is 37.1 Å². The third kappa shape index (κ3) is 5.58. The molecule has 8 rings (SSSR count). The zero-order chi connectivity index (χ0) is 43.4. The number of hydrogen-bond acceptors (Lipinski definition) is 5. The number of allylic oxidation sites excluding steroid dienone is 6. The lowest BCUT2D eigenvalue weighted by Crippen LogP contribution is -2.25. The number of nitrogens with one attached hydrogen (secondary N) is 1. The summed E-state index contributed by atoms with van der Waals surface area (Å²) in [5.41, 5.74) is -13.8. The highest BCUT2D eigenvalue weighted by Gasteiger charge is 2.39. The van der Waals surface area contributed by atoms with E-state index in [1.165, 1.54) is 0 Å². The number of aliphatic hydroxyl groups excluding tert-OH is 2. The average molecular weight is 855 g/mol. The number of fused-ring (bicyclic) bond motifs is 6. The Morgan fingerprint density at radius 3 is 1.15 bits per heavy atom. The summed E-state index contributed by atoms with van der Waals surface area (Å²) in [6.45, 7) is 0. The largest absolute Gasteiger partial charge is 0.515 e. The van der Waals surface area contributed by atoms with Crippen molar-refractivity contribution >= 4 is 33.9 Å². The normalized spacial score (nSPS) is 17.7. The molecule has 6 nitrogen and oxygen atoms in total. The standard InChI is InChI=1S/C39H13F15N4O2/c40-23-20(24(41)30(47)35(52)29(23)46)17-11-1-3-13(55-11)18(21-25(42)31(48)36(53)32(49)26(21)43)38-9(7-59)5-15(57-38)16-6-10(8-60)39(58-16)19(14-4-2-12(17)56-14)22-27(44)33(50)37(54)34(51)28(22)45/h1,3,5-8,55,59-60H,2,4H2/b9-7+,10-8+,17-11?,18-13?,19-14?. The SMILES string of the molecule is O/C=C1\C=C2N=C1C(c1c(F)c(F)c(F)c(F)c1F)=C1CCC(=N1)C(c1c(F)c(F)c(F)c(F)c1F)=c1ccc([nH]1)=C(c1c(F)c(F)c(F)c(F)c1F)C1=NC2=C/C1=C\O. The Labute approximate surface area is 322 Å². The minimum Gasteiger partial charge on any atom is -0.515 e. The number of H-pyrrole nitrogens is 1. The van der Waals surface area contributed by atoms with Crippen molar-refractivity contribution in [2.45, 2.75) is 12.8 Å². The zero-order valence-corrected chi connectivity index (χ0v) is 28.8. The number of benzene rings is 3. The molecule has 21 heteroatoms. The number of nitrogens with zero attached hydrogens (tertiary/aromatic N) is 3. The monoisotopic (exact) mass is 854 g/mol. The summed E-state index contributed by atoms with van der Waals surface area (Å²) in [6, 6.07) is 1.55. The van der Waals surface area contributed by atoms with Crippen molar-refractivity contribution < 1.29 is 76.1 Å². The van der Waals surface area contributed by atoms with Crippen molar-refractivity contribution in [2.75, 3.05) is 0 Å². The number of halogens is 15. The third-order valence-electron chi connectivity index (χ3n) is 9.66. The molecular weight excluding hydrogens is 841 g/mol. The average Bonchev–Trinajstić information content (AvgIpc) is 4.07.